The van der Waals surface area contributed by atoms with Gasteiger partial charge in [-0.25, -0.2) is 4.90 Å². The van der Waals surface area contributed by atoms with Crippen molar-refractivity contribution in [1.29, 1.82) is 0 Å². The smallest absolute Gasteiger partial charge is 0.282 e. The second kappa shape index (κ2) is 7.95. The summed E-state index contributed by atoms with van der Waals surface area (Å²) < 4.78 is 5.26. The Labute approximate surface area is 177 Å². The molecule has 2 heterocycles. The molecule has 4 rings (SSSR count). The van der Waals surface area contributed by atoms with Gasteiger partial charge in [0.05, 0.1) is 18.4 Å². The molecule has 2 aromatic rings. The predicted molar refractivity (Wildman–Crippen MR) is 117 cm³/mol. The molecule has 0 aliphatic carbocycles. The number of nitrogens with zero attached hydrogens (tertiary/aromatic N) is 3. The number of imide groups is 1. The Morgan fingerprint density at radius 2 is 1.50 bits per heavy atom. The number of benzene rings is 2. The molecular weight excluding hydrogens is 378 g/mol. The van der Waals surface area contributed by atoms with E-state index >= 15 is 0 Å². The molecule has 0 unspecified atom stereocenters. The van der Waals surface area contributed by atoms with Crippen molar-refractivity contribution in [1.82, 2.24) is 9.80 Å². The number of piperazine rings is 1. The molecule has 1 fully saturated rings. The van der Waals surface area contributed by atoms with Crippen LogP contribution in [0.1, 0.15) is 16.7 Å². The maximum absolute atomic E-state index is 13.6. The third-order valence-electron chi connectivity index (χ3n) is 6.01. The Hall–Kier alpha value is -3.12. The first-order valence-corrected chi connectivity index (χ1v) is 10.2. The van der Waals surface area contributed by atoms with Gasteiger partial charge in [0.25, 0.3) is 11.8 Å². The second-order valence-corrected chi connectivity index (χ2v) is 7.96. The normalized spacial score (nSPS) is 17.9. The molecule has 0 atom stereocenters. The number of likely N-dealkylation sites (N-methyl/N-ethyl adjacent to an activating group) is 1. The molecule has 0 saturated carbocycles. The molecule has 2 amide bonds. The van der Waals surface area contributed by atoms with Crippen LogP contribution in [-0.4, -0.2) is 62.0 Å². The highest BCUT2D eigenvalue weighted by atomic mass is 16.5. The van der Waals surface area contributed by atoms with E-state index in [1.54, 1.807) is 7.11 Å². The minimum Gasteiger partial charge on any atom is -0.497 e. The van der Waals surface area contributed by atoms with E-state index in [0.29, 0.717) is 35.8 Å². The van der Waals surface area contributed by atoms with Crippen LogP contribution >= 0.6 is 0 Å². The van der Waals surface area contributed by atoms with Crippen molar-refractivity contribution in [2.75, 3.05) is 45.2 Å². The molecule has 30 heavy (non-hydrogen) atoms. The number of carbonyl (C=O) groups is 2. The zero-order valence-electron chi connectivity index (χ0n) is 17.9. The Kier molecular flexibility index (Phi) is 5.35. The van der Waals surface area contributed by atoms with Crippen molar-refractivity contribution in [3.63, 3.8) is 0 Å². The molecule has 0 N–H and O–H groups in total. The number of amides is 2. The van der Waals surface area contributed by atoms with Gasteiger partial charge >= 0.3 is 0 Å². The van der Waals surface area contributed by atoms with E-state index in [2.05, 4.69) is 16.8 Å². The molecule has 156 valence electrons. The summed E-state index contributed by atoms with van der Waals surface area (Å²) in [4.78, 5) is 32.7. The van der Waals surface area contributed by atoms with Gasteiger partial charge in [0.1, 0.15) is 11.4 Å². The van der Waals surface area contributed by atoms with E-state index < -0.39 is 0 Å². The van der Waals surface area contributed by atoms with Gasteiger partial charge in [-0.05, 0) is 61.9 Å². The minimum atomic E-state index is -0.276. The molecule has 1 saturated heterocycles. The lowest BCUT2D eigenvalue weighted by Gasteiger charge is -2.34. The van der Waals surface area contributed by atoms with E-state index in [-0.39, 0.29) is 11.8 Å². The number of ether oxygens (including phenoxy) is 1. The first-order chi connectivity index (χ1) is 14.4. The van der Waals surface area contributed by atoms with E-state index in [0.717, 1.165) is 29.8 Å². The topological polar surface area (TPSA) is 53.1 Å². The van der Waals surface area contributed by atoms with Crippen molar-refractivity contribution in [3.05, 3.63) is 64.9 Å². The molecule has 0 radical (unpaired) electrons. The van der Waals surface area contributed by atoms with Crippen LogP contribution in [0, 0.1) is 13.8 Å². The van der Waals surface area contributed by atoms with Crippen molar-refractivity contribution < 1.29 is 14.3 Å². The van der Waals surface area contributed by atoms with Gasteiger partial charge in [-0.1, -0.05) is 18.2 Å². The molecule has 2 aromatic carbocycles. The summed E-state index contributed by atoms with van der Waals surface area (Å²) in [7, 11) is 3.68. The van der Waals surface area contributed by atoms with Crippen LogP contribution in [0.4, 0.5) is 5.69 Å². The first-order valence-electron chi connectivity index (χ1n) is 10.2. The fourth-order valence-corrected chi connectivity index (χ4v) is 3.96. The molecule has 6 heteroatoms. The Bertz CT molecular complexity index is 1020. The van der Waals surface area contributed by atoms with Crippen molar-refractivity contribution >= 4 is 23.1 Å². The SMILES string of the molecule is COc1ccc(C2=C(N3CCN(C)CC3)C(=O)N(c3ccc(C)c(C)c3)C2=O)cc1. The van der Waals surface area contributed by atoms with E-state index in [1.807, 2.05) is 56.3 Å². The third-order valence-corrected chi connectivity index (χ3v) is 6.01. The van der Waals surface area contributed by atoms with E-state index in [9.17, 15) is 9.59 Å². The van der Waals surface area contributed by atoms with Gasteiger partial charge in [0, 0.05) is 26.2 Å². The van der Waals surface area contributed by atoms with E-state index in [1.165, 1.54) is 4.90 Å². The van der Waals surface area contributed by atoms with Crippen LogP contribution in [0.25, 0.3) is 5.57 Å². The quantitative estimate of drug-likeness (QED) is 0.733. The van der Waals surface area contributed by atoms with Crippen molar-refractivity contribution in [2.24, 2.45) is 0 Å². The van der Waals surface area contributed by atoms with Gasteiger partial charge in [0.15, 0.2) is 0 Å². The lowest BCUT2D eigenvalue weighted by Crippen LogP contribution is -2.46. The summed E-state index contributed by atoms with van der Waals surface area (Å²) in [5, 5.41) is 0. The third kappa shape index (κ3) is 3.48. The maximum atomic E-state index is 13.6. The van der Waals surface area contributed by atoms with E-state index in [4.69, 9.17) is 4.74 Å². The number of methoxy groups -OCH3 is 1. The Balaban J connectivity index is 1.80. The number of rotatable bonds is 4. The lowest BCUT2D eigenvalue weighted by molar-refractivity contribution is -0.120. The van der Waals surface area contributed by atoms with Crippen molar-refractivity contribution in [2.45, 2.75) is 13.8 Å². The molecule has 2 aliphatic heterocycles. The Morgan fingerprint density at radius 3 is 2.10 bits per heavy atom. The number of anilines is 1. The fourth-order valence-electron chi connectivity index (χ4n) is 3.96. The average molecular weight is 405 g/mol. The van der Waals surface area contributed by atoms with Crippen LogP contribution in [0.3, 0.4) is 0 Å². The van der Waals surface area contributed by atoms with Gasteiger partial charge in [0.2, 0.25) is 0 Å². The van der Waals surface area contributed by atoms with Crippen LogP contribution in [0.15, 0.2) is 48.2 Å². The minimum absolute atomic E-state index is 0.251. The fraction of sp³-hybridized carbons (Fsp3) is 0.333. The Morgan fingerprint density at radius 1 is 0.833 bits per heavy atom. The van der Waals surface area contributed by atoms with Gasteiger partial charge in [-0.2, -0.15) is 0 Å². The van der Waals surface area contributed by atoms with Crippen LogP contribution in [-0.2, 0) is 9.59 Å². The van der Waals surface area contributed by atoms with Gasteiger partial charge in [-0.15, -0.1) is 0 Å². The lowest BCUT2D eigenvalue weighted by atomic mass is 10.0. The molecule has 0 spiro atoms. The summed E-state index contributed by atoms with van der Waals surface area (Å²) in [6, 6.07) is 13.0. The molecular formula is C24H27N3O3. The zero-order valence-corrected chi connectivity index (χ0v) is 17.9. The molecule has 0 bridgehead atoms. The average Bonchev–Trinajstić information content (AvgIpc) is 3.01. The number of carbonyl (C=O) groups excluding carboxylic acids is 2. The monoisotopic (exact) mass is 405 g/mol. The highest BCUT2D eigenvalue weighted by Crippen LogP contribution is 2.36. The zero-order chi connectivity index (χ0) is 21.4. The molecule has 0 aromatic heterocycles. The summed E-state index contributed by atoms with van der Waals surface area (Å²) in [5.74, 6) is 0.184. The standard InChI is InChI=1S/C24H27N3O3/c1-16-5-8-19(15-17(16)2)27-23(28)21(18-6-9-20(30-4)10-7-18)22(24(27)29)26-13-11-25(3)12-14-26/h5-10,15H,11-14H2,1-4H3. The first kappa shape index (κ1) is 20.2. The predicted octanol–water partition coefficient (Wildman–Crippen LogP) is 2.84. The summed E-state index contributed by atoms with van der Waals surface area (Å²) >= 11 is 0. The van der Waals surface area contributed by atoms with Crippen LogP contribution in [0.5, 0.6) is 5.75 Å². The molecule has 6 nitrogen and oxygen atoms in total. The summed E-state index contributed by atoms with van der Waals surface area (Å²) in [5.41, 5.74) is 4.48. The van der Waals surface area contributed by atoms with Crippen LogP contribution in [0.2, 0.25) is 0 Å². The van der Waals surface area contributed by atoms with Crippen LogP contribution < -0.4 is 9.64 Å². The van der Waals surface area contributed by atoms with Gasteiger partial charge in [-0.3, -0.25) is 9.59 Å². The van der Waals surface area contributed by atoms with Crippen molar-refractivity contribution in [3.8, 4) is 5.75 Å². The molecule has 2 aliphatic rings. The highest BCUT2D eigenvalue weighted by Gasteiger charge is 2.43. The number of aryl methyl sites for hydroxylation is 2. The summed E-state index contributed by atoms with van der Waals surface area (Å²) in [6.45, 7) is 7.14. The summed E-state index contributed by atoms with van der Waals surface area (Å²) in [6.07, 6.45) is 0. The maximum Gasteiger partial charge on any atom is 0.282 e. The number of hydrogen-bond donors (Lipinski definition) is 0. The van der Waals surface area contributed by atoms with Gasteiger partial charge < -0.3 is 14.5 Å². The second-order valence-electron chi connectivity index (χ2n) is 7.96. The largest absolute Gasteiger partial charge is 0.497 e. The number of hydrogen-bond acceptors (Lipinski definition) is 5. The highest BCUT2D eigenvalue weighted by molar-refractivity contribution is 6.45.